The number of carbonyl (C=O) groups excluding carboxylic acids is 2. The monoisotopic (exact) mass is 345 g/mol. The van der Waals surface area contributed by atoms with E-state index in [9.17, 15) is 9.59 Å². The Hall–Kier alpha value is -2.08. The number of hydrogen-bond donors (Lipinski definition) is 2. The molecular formula is C19H27N3O3. The van der Waals surface area contributed by atoms with Crippen molar-refractivity contribution in [3.05, 3.63) is 29.8 Å². The Morgan fingerprint density at radius 2 is 2.00 bits per heavy atom. The van der Waals surface area contributed by atoms with Crippen LogP contribution in [0, 0.1) is 0 Å². The minimum Gasteiger partial charge on any atom is -0.497 e. The van der Waals surface area contributed by atoms with Gasteiger partial charge in [0.25, 0.3) is 0 Å². The van der Waals surface area contributed by atoms with Crippen LogP contribution in [0.1, 0.15) is 50.1 Å². The summed E-state index contributed by atoms with van der Waals surface area (Å²) in [6.07, 6.45) is 6.36. The van der Waals surface area contributed by atoms with Gasteiger partial charge in [0.1, 0.15) is 5.75 Å². The SMILES string of the molecule is COc1cccc([C@@H]2CCCN2CC(=O)NC(=O)NC2CCCC2)c1. The summed E-state index contributed by atoms with van der Waals surface area (Å²) in [6.45, 7) is 1.10. The summed E-state index contributed by atoms with van der Waals surface area (Å²) in [5.41, 5.74) is 1.15. The van der Waals surface area contributed by atoms with E-state index in [4.69, 9.17) is 4.74 Å². The molecule has 0 radical (unpaired) electrons. The molecular weight excluding hydrogens is 318 g/mol. The van der Waals surface area contributed by atoms with Crippen LogP contribution >= 0.6 is 0 Å². The average Bonchev–Trinajstić information content (AvgIpc) is 3.26. The van der Waals surface area contributed by atoms with E-state index in [2.05, 4.69) is 21.6 Å². The predicted molar refractivity (Wildman–Crippen MR) is 95.5 cm³/mol. The Labute approximate surface area is 148 Å². The molecule has 0 unspecified atom stereocenters. The molecule has 2 N–H and O–H groups in total. The number of likely N-dealkylation sites (tertiary alicyclic amines) is 1. The van der Waals surface area contributed by atoms with E-state index in [0.29, 0.717) is 0 Å². The van der Waals surface area contributed by atoms with Gasteiger partial charge in [-0.15, -0.1) is 0 Å². The van der Waals surface area contributed by atoms with Gasteiger partial charge in [0.2, 0.25) is 5.91 Å². The number of rotatable bonds is 5. The van der Waals surface area contributed by atoms with Gasteiger partial charge in [-0.2, -0.15) is 0 Å². The molecule has 1 aromatic rings. The second-order valence-electron chi connectivity index (χ2n) is 6.91. The van der Waals surface area contributed by atoms with Crippen molar-refractivity contribution in [2.24, 2.45) is 0 Å². The highest BCUT2D eigenvalue weighted by atomic mass is 16.5. The molecule has 1 saturated carbocycles. The smallest absolute Gasteiger partial charge is 0.321 e. The first-order valence-electron chi connectivity index (χ1n) is 9.14. The number of methoxy groups -OCH3 is 1. The highest BCUT2D eigenvalue weighted by Gasteiger charge is 2.28. The molecule has 2 fully saturated rings. The van der Waals surface area contributed by atoms with Gasteiger partial charge in [0, 0.05) is 12.1 Å². The normalized spacial score (nSPS) is 21.2. The standard InChI is InChI=1S/C19H27N3O3/c1-25-16-9-4-6-14(12-16)17-10-5-11-22(17)13-18(23)21-19(24)20-15-7-2-3-8-15/h4,6,9,12,15,17H,2-3,5,7-8,10-11,13H2,1H3,(H2,20,21,23,24)/t17-/m0/s1. The Morgan fingerprint density at radius 3 is 2.76 bits per heavy atom. The zero-order valence-corrected chi connectivity index (χ0v) is 14.8. The minimum absolute atomic E-state index is 0.193. The van der Waals surface area contributed by atoms with Crippen LogP contribution in [0.4, 0.5) is 4.79 Å². The average molecular weight is 345 g/mol. The molecule has 3 rings (SSSR count). The van der Waals surface area contributed by atoms with Crippen LogP contribution < -0.4 is 15.4 Å². The van der Waals surface area contributed by atoms with Crippen molar-refractivity contribution in [1.82, 2.24) is 15.5 Å². The topological polar surface area (TPSA) is 70.7 Å². The number of ether oxygens (including phenoxy) is 1. The van der Waals surface area contributed by atoms with Crippen molar-refractivity contribution in [2.45, 2.75) is 50.6 Å². The molecule has 1 saturated heterocycles. The lowest BCUT2D eigenvalue weighted by molar-refractivity contribution is -0.121. The molecule has 136 valence electrons. The summed E-state index contributed by atoms with van der Waals surface area (Å²) < 4.78 is 5.30. The third kappa shape index (κ3) is 4.72. The van der Waals surface area contributed by atoms with Crippen LogP contribution in [0.25, 0.3) is 0 Å². The van der Waals surface area contributed by atoms with Gasteiger partial charge in [-0.05, 0) is 49.9 Å². The van der Waals surface area contributed by atoms with E-state index >= 15 is 0 Å². The van der Waals surface area contributed by atoms with Crippen molar-refractivity contribution < 1.29 is 14.3 Å². The van der Waals surface area contributed by atoms with Gasteiger partial charge in [0.05, 0.1) is 13.7 Å². The van der Waals surface area contributed by atoms with Gasteiger partial charge < -0.3 is 10.1 Å². The van der Waals surface area contributed by atoms with Crippen molar-refractivity contribution in [1.29, 1.82) is 0 Å². The van der Waals surface area contributed by atoms with Crippen LogP contribution in [-0.2, 0) is 4.79 Å². The summed E-state index contributed by atoms with van der Waals surface area (Å²) in [4.78, 5) is 26.3. The number of amides is 3. The molecule has 6 heteroatoms. The first-order chi connectivity index (χ1) is 12.2. The lowest BCUT2D eigenvalue weighted by Crippen LogP contribution is -2.46. The maximum absolute atomic E-state index is 12.2. The summed E-state index contributed by atoms with van der Waals surface area (Å²) >= 11 is 0. The molecule has 2 aliphatic rings. The Morgan fingerprint density at radius 1 is 1.20 bits per heavy atom. The molecule has 25 heavy (non-hydrogen) atoms. The van der Waals surface area contributed by atoms with E-state index < -0.39 is 0 Å². The number of urea groups is 1. The molecule has 6 nitrogen and oxygen atoms in total. The largest absolute Gasteiger partial charge is 0.497 e. The number of nitrogens with zero attached hydrogens (tertiary/aromatic N) is 1. The van der Waals surface area contributed by atoms with E-state index in [0.717, 1.165) is 56.4 Å². The van der Waals surface area contributed by atoms with Gasteiger partial charge >= 0.3 is 6.03 Å². The van der Waals surface area contributed by atoms with E-state index in [1.54, 1.807) is 7.11 Å². The lowest BCUT2D eigenvalue weighted by Gasteiger charge is -2.24. The zero-order chi connectivity index (χ0) is 17.6. The first kappa shape index (κ1) is 17.7. The molecule has 1 atom stereocenters. The molecule has 1 aliphatic carbocycles. The van der Waals surface area contributed by atoms with Crippen molar-refractivity contribution >= 4 is 11.9 Å². The number of imide groups is 1. The van der Waals surface area contributed by atoms with Crippen molar-refractivity contribution in [3.8, 4) is 5.75 Å². The molecule has 0 bridgehead atoms. The fourth-order valence-corrected chi connectivity index (χ4v) is 3.88. The quantitative estimate of drug-likeness (QED) is 0.860. The maximum atomic E-state index is 12.2. The second kappa shape index (κ2) is 8.34. The first-order valence-corrected chi connectivity index (χ1v) is 9.14. The highest BCUT2D eigenvalue weighted by Crippen LogP contribution is 2.33. The van der Waals surface area contributed by atoms with Crippen LogP contribution in [0.2, 0.25) is 0 Å². The second-order valence-corrected chi connectivity index (χ2v) is 6.91. The van der Waals surface area contributed by atoms with Crippen LogP contribution in [0.3, 0.4) is 0 Å². The van der Waals surface area contributed by atoms with E-state index in [-0.39, 0.29) is 30.6 Å². The predicted octanol–water partition coefficient (Wildman–Crippen LogP) is 2.60. The highest BCUT2D eigenvalue weighted by molar-refractivity contribution is 5.95. The van der Waals surface area contributed by atoms with Crippen molar-refractivity contribution in [2.75, 3.05) is 20.2 Å². The number of carbonyl (C=O) groups is 2. The van der Waals surface area contributed by atoms with Gasteiger partial charge in [-0.1, -0.05) is 25.0 Å². The third-order valence-corrected chi connectivity index (χ3v) is 5.13. The Kier molecular flexibility index (Phi) is 5.91. The molecule has 0 aromatic heterocycles. The van der Waals surface area contributed by atoms with Crippen molar-refractivity contribution in [3.63, 3.8) is 0 Å². The lowest BCUT2D eigenvalue weighted by atomic mass is 10.0. The van der Waals surface area contributed by atoms with Crippen LogP contribution in [0.15, 0.2) is 24.3 Å². The zero-order valence-electron chi connectivity index (χ0n) is 14.8. The van der Waals surface area contributed by atoms with E-state index in [1.807, 2.05) is 18.2 Å². The van der Waals surface area contributed by atoms with Crippen LogP contribution in [0.5, 0.6) is 5.75 Å². The summed E-state index contributed by atoms with van der Waals surface area (Å²) in [5, 5.41) is 5.36. The van der Waals surface area contributed by atoms with Gasteiger partial charge in [0.15, 0.2) is 0 Å². The fourth-order valence-electron chi connectivity index (χ4n) is 3.88. The third-order valence-electron chi connectivity index (χ3n) is 5.13. The summed E-state index contributed by atoms with van der Waals surface area (Å²) in [6, 6.07) is 8.02. The fraction of sp³-hybridized carbons (Fsp3) is 0.579. The summed E-state index contributed by atoms with van der Waals surface area (Å²) in [5.74, 6) is 0.579. The van der Waals surface area contributed by atoms with Gasteiger partial charge in [-0.3, -0.25) is 15.0 Å². The Balaban J connectivity index is 1.53. The number of benzene rings is 1. The minimum atomic E-state index is -0.367. The maximum Gasteiger partial charge on any atom is 0.321 e. The summed E-state index contributed by atoms with van der Waals surface area (Å²) in [7, 11) is 1.65. The number of nitrogens with one attached hydrogen (secondary N) is 2. The Bertz CT molecular complexity index is 614. The molecule has 1 heterocycles. The molecule has 3 amide bonds. The number of hydrogen-bond acceptors (Lipinski definition) is 4. The molecule has 0 spiro atoms. The molecule has 1 aliphatic heterocycles. The van der Waals surface area contributed by atoms with Crippen LogP contribution in [-0.4, -0.2) is 43.1 Å². The molecule has 1 aromatic carbocycles. The van der Waals surface area contributed by atoms with Gasteiger partial charge in [-0.25, -0.2) is 4.79 Å². The van der Waals surface area contributed by atoms with E-state index in [1.165, 1.54) is 0 Å².